The zero-order valence-electron chi connectivity index (χ0n) is 4.87. The van der Waals surface area contributed by atoms with Gasteiger partial charge in [-0.05, 0) is 12.1 Å². The highest BCUT2D eigenvalue weighted by molar-refractivity contribution is 5.36. The number of hydrogen-bond acceptors (Lipinski definition) is 2. The summed E-state index contributed by atoms with van der Waals surface area (Å²) in [5.41, 5.74) is 0.970. The standard InChI is InChI=1S/C7H6NO/c1-2-7-6(8-4-1)3-5-9-7/h1-4H,5H2. The average molecular weight is 120 g/mol. The highest BCUT2D eigenvalue weighted by Crippen LogP contribution is 2.22. The number of pyridine rings is 1. The molecule has 1 aliphatic heterocycles. The van der Waals surface area contributed by atoms with Gasteiger partial charge in [0.1, 0.15) is 5.75 Å². The van der Waals surface area contributed by atoms with Gasteiger partial charge in [0, 0.05) is 6.20 Å². The first-order valence-electron chi connectivity index (χ1n) is 2.88. The normalized spacial score (nSPS) is 14.7. The third-order valence-corrected chi connectivity index (χ3v) is 1.32. The molecule has 0 amide bonds. The Morgan fingerprint density at radius 3 is 3.44 bits per heavy atom. The van der Waals surface area contributed by atoms with E-state index in [2.05, 4.69) is 4.98 Å². The van der Waals surface area contributed by atoms with E-state index < -0.39 is 0 Å². The minimum Gasteiger partial charge on any atom is -0.491 e. The number of nitrogens with zero attached hydrogens (tertiary/aromatic N) is 1. The van der Waals surface area contributed by atoms with Gasteiger partial charge < -0.3 is 4.74 Å². The van der Waals surface area contributed by atoms with E-state index in [9.17, 15) is 0 Å². The van der Waals surface area contributed by atoms with Crippen molar-refractivity contribution in [1.29, 1.82) is 0 Å². The molecule has 1 radical (unpaired) electrons. The molecule has 0 unspecified atom stereocenters. The number of fused-ring (bicyclic) bond motifs is 1. The van der Waals surface area contributed by atoms with Crippen LogP contribution in [0.2, 0.25) is 0 Å². The van der Waals surface area contributed by atoms with Gasteiger partial charge in [0.15, 0.2) is 0 Å². The third kappa shape index (κ3) is 0.669. The quantitative estimate of drug-likeness (QED) is 0.510. The molecule has 0 saturated heterocycles. The van der Waals surface area contributed by atoms with Crippen molar-refractivity contribution in [3.05, 3.63) is 30.4 Å². The Hall–Kier alpha value is -1.05. The van der Waals surface area contributed by atoms with Crippen molar-refractivity contribution in [3.63, 3.8) is 0 Å². The van der Waals surface area contributed by atoms with Crippen molar-refractivity contribution < 1.29 is 4.74 Å². The minimum atomic E-state index is 0.673. The predicted octanol–water partition coefficient (Wildman–Crippen LogP) is 1.03. The van der Waals surface area contributed by atoms with Crippen LogP contribution in [0.4, 0.5) is 0 Å². The summed E-state index contributed by atoms with van der Waals surface area (Å²) < 4.78 is 5.18. The van der Waals surface area contributed by atoms with Crippen LogP contribution in [0.15, 0.2) is 18.3 Å². The van der Waals surface area contributed by atoms with Crippen LogP contribution < -0.4 is 4.74 Å². The smallest absolute Gasteiger partial charge is 0.141 e. The molecule has 9 heavy (non-hydrogen) atoms. The predicted molar refractivity (Wildman–Crippen MR) is 33.1 cm³/mol. The van der Waals surface area contributed by atoms with E-state index in [-0.39, 0.29) is 0 Å². The van der Waals surface area contributed by atoms with E-state index >= 15 is 0 Å². The van der Waals surface area contributed by atoms with Crippen LogP contribution >= 0.6 is 0 Å². The van der Waals surface area contributed by atoms with Gasteiger partial charge in [0.25, 0.3) is 0 Å². The first-order chi connectivity index (χ1) is 4.47. The summed E-state index contributed by atoms with van der Waals surface area (Å²) >= 11 is 0. The first-order valence-corrected chi connectivity index (χ1v) is 2.88. The second-order valence-corrected chi connectivity index (χ2v) is 1.90. The molecule has 2 heteroatoms. The van der Waals surface area contributed by atoms with Gasteiger partial charge in [0.05, 0.1) is 18.7 Å². The van der Waals surface area contributed by atoms with Gasteiger partial charge in [-0.15, -0.1) is 0 Å². The second-order valence-electron chi connectivity index (χ2n) is 1.90. The molecule has 0 saturated carbocycles. The van der Waals surface area contributed by atoms with E-state index in [4.69, 9.17) is 4.74 Å². The van der Waals surface area contributed by atoms with E-state index in [1.54, 1.807) is 6.20 Å². The van der Waals surface area contributed by atoms with Crippen molar-refractivity contribution in [1.82, 2.24) is 4.98 Å². The summed E-state index contributed by atoms with van der Waals surface area (Å²) in [6.07, 6.45) is 3.74. The summed E-state index contributed by atoms with van der Waals surface area (Å²) in [4.78, 5) is 4.08. The van der Waals surface area contributed by atoms with Gasteiger partial charge >= 0.3 is 0 Å². The second kappa shape index (κ2) is 1.72. The van der Waals surface area contributed by atoms with Crippen LogP contribution in [-0.4, -0.2) is 11.6 Å². The fourth-order valence-electron chi connectivity index (χ4n) is 0.888. The Labute approximate surface area is 53.5 Å². The Balaban J connectivity index is 2.54. The molecule has 2 rings (SSSR count). The zero-order valence-corrected chi connectivity index (χ0v) is 4.87. The zero-order chi connectivity index (χ0) is 6.10. The fraction of sp³-hybridized carbons (Fsp3) is 0.143. The molecule has 0 aromatic carbocycles. The summed E-state index contributed by atoms with van der Waals surface area (Å²) in [7, 11) is 0. The Bertz CT molecular complexity index is 199. The van der Waals surface area contributed by atoms with Gasteiger partial charge in [-0.3, -0.25) is 4.98 Å². The lowest BCUT2D eigenvalue weighted by Crippen LogP contribution is -1.83. The third-order valence-electron chi connectivity index (χ3n) is 1.32. The maximum Gasteiger partial charge on any atom is 0.141 e. The lowest BCUT2D eigenvalue weighted by molar-refractivity contribution is 0.377. The molecule has 1 aliphatic rings. The van der Waals surface area contributed by atoms with Crippen molar-refractivity contribution in [2.45, 2.75) is 0 Å². The molecule has 0 spiro atoms. The Kier molecular flexibility index (Phi) is 0.918. The number of rotatable bonds is 0. The van der Waals surface area contributed by atoms with Crippen LogP contribution in [0.1, 0.15) is 5.69 Å². The van der Waals surface area contributed by atoms with Crippen molar-refractivity contribution in [2.24, 2.45) is 0 Å². The van der Waals surface area contributed by atoms with Gasteiger partial charge in [-0.25, -0.2) is 0 Å². The molecule has 0 atom stereocenters. The van der Waals surface area contributed by atoms with Crippen molar-refractivity contribution >= 4 is 0 Å². The van der Waals surface area contributed by atoms with Gasteiger partial charge in [-0.2, -0.15) is 0 Å². The monoisotopic (exact) mass is 120 g/mol. The Morgan fingerprint density at radius 1 is 1.56 bits per heavy atom. The molecule has 1 aromatic heterocycles. The molecule has 0 bridgehead atoms. The highest BCUT2D eigenvalue weighted by Gasteiger charge is 2.10. The maximum atomic E-state index is 5.18. The highest BCUT2D eigenvalue weighted by atomic mass is 16.5. The summed E-state index contributed by atoms with van der Waals surface area (Å²) in [6, 6.07) is 3.80. The molecule has 2 heterocycles. The first kappa shape index (κ1) is 4.79. The summed E-state index contributed by atoms with van der Waals surface area (Å²) in [5, 5.41) is 0. The summed E-state index contributed by atoms with van der Waals surface area (Å²) in [5.74, 6) is 0.900. The van der Waals surface area contributed by atoms with Gasteiger partial charge in [0.2, 0.25) is 0 Å². The lowest BCUT2D eigenvalue weighted by Gasteiger charge is -1.92. The topological polar surface area (TPSA) is 22.1 Å². The van der Waals surface area contributed by atoms with E-state index in [1.165, 1.54) is 0 Å². The maximum absolute atomic E-state index is 5.18. The van der Waals surface area contributed by atoms with E-state index in [1.807, 2.05) is 18.6 Å². The Morgan fingerprint density at radius 2 is 2.56 bits per heavy atom. The summed E-state index contributed by atoms with van der Waals surface area (Å²) in [6.45, 7) is 0.673. The SMILES string of the molecule is [CH]1COc2cccnc21. The van der Waals surface area contributed by atoms with Gasteiger partial charge in [-0.1, -0.05) is 0 Å². The van der Waals surface area contributed by atoms with Crippen LogP contribution in [0.3, 0.4) is 0 Å². The number of aromatic nitrogens is 1. The van der Waals surface area contributed by atoms with Crippen LogP contribution in [0.25, 0.3) is 0 Å². The van der Waals surface area contributed by atoms with E-state index in [0.717, 1.165) is 11.4 Å². The van der Waals surface area contributed by atoms with Crippen LogP contribution in [-0.2, 0) is 0 Å². The minimum absolute atomic E-state index is 0.673. The average Bonchev–Trinajstić information content (AvgIpc) is 2.33. The molecular formula is C7H6NO. The van der Waals surface area contributed by atoms with Crippen molar-refractivity contribution in [2.75, 3.05) is 6.61 Å². The molecule has 0 fully saturated rings. The molecular weight excluding hydrogens is 114 g/mol. The molecule has 45 valence electrons. The fourth-order valence-corrected chi connectivity index (χ4v) is 0.888. The molecule has 2 nitrogen and oxygen atoms in total. The molecule has 0 aliphatic carbocycles. The molecule has 0 N–H and O–H groups in total. The van der Waals surface area contributed by atoms with Crippen molar-refractivity contribution in [3.8, 4) is 5.75 Å². The number of ether oxygens (including phenoxy) is 1. The van der Waals surface area contributed by atoms with Crippen LogP contribution in [0, 0.1) is 6.42 Å². The van der Waals surface area contributed by atoms with Crippen LogP contribution in [0.5, 0.6) is 5.75 Å². The largest absolute Gasteiger partial charge is 0.491 e. The van der Waals surface area contributed by atoms with E-state index in [0.29, 0.717) is 6.61 Å². The number of hydrogen-bond donors (Lipinski definition) is 0. The molecule has 1 aromatic rings. The lowest BCUT2D eigenvalue weighted by atomic mass is 10.3.